The summed E-state index contributed by atoms with van der Waals surface area (Å²) < 4.78 is 11.0. The number of piperidine rings is 1. The zero-order chi connectivity index (χ0) is 16.0. The number of ether oxygens (including phenoxy) is 2. The first-order valence-electron chi connectivity index (χ1n) is 8.95. The second-order valence-corrected chi connectivity index (χ2v) is 5.85. The van der Waals surface area contributed by atoms with Gasteiger partial charge >= 0.3 is 0 Å². The average molecular weight is 441 g/mol. The third kappa shape index (κ3) is 10.4. The van der Waals surface area contributed by atoms with Gasteiger partial charge in [-0.05, 0) is 32.6 Å². The molecule has 1 rings (SSSR count). The molecule has 1 aliphatic rings. The minimum absolute atomic E-state index is 0. The molecule has 23 heavy (non-hydrogen) atoms. The molecule has 1 aliphatic heterocycles. The number of methoxy groups -OCH3 is 1. The number of guanidine groups is 1. The Morgan fingerprint density at radius 2 is 1.87 bits per heavy atom. The van der Waals surface area contributed by atoms with Crippen LogP contribution in [0.15, 0.2) is 4.99 Å². The molecule has 0 aromatic rings. The van der Waals surface area contributed by atoms with Gasteiger partial charge in [-0.1, -0.05) is 19.8 Å². The topological polar surface area (TPSA) is 46.1 Å². The molecule has 0 spiro atoms. The Bertz CT molecular complexity index is 296. The Morgan fingerprint density at radius 3 is 2.48 bits per heavy atom. The first-order chi connectivity index (χ1) is 10.8. The Balaban J connectivity index is 0.00000484. The van der Waals surface area contributed by atoms with Gasteiger partial charge in [0.25, 0.3) is 0 Å². The van der Waals surface area contributed by atoms with Crippen LogP contribution in [-0.4, -0.2) is 63.5 Å². The minimum atomic E-state index is 0. The second kappa shape index (κ2) is 15.4. The van der Waals surface area contributed by atoms with Crippen LogP contribution in [0.5, 0.6) is 0 Å². The molecular weight excluding hydrogens is 405 g/mol. The number of hydrogen-bond acceptors (Lipinski definition) is 3. The van der Waals surface area contributed by atoms with E-state index in [0.29, 0.717) is 6.10 Å². The highest BCUT2D eigenvalue weighted by Crippen LogP contribution is 2.14. The number of nitrogens with zero attached hydrogens (tertiary/aromatic N) is 2. The fraction of sp³-hybridized carbons (Fsp3) is 0.941. The number of likely N-dealkylation sites (tertiary alicyclic amines) is 1. The Kier molecular flexibility index (Phi) is 15.4. The Labute approximate surface area is 159 Å². The summed E-state index contributed by atoms with van der Waals surface area (Å²) in [5.74, 6) is 1.08. The molecular formula is C17H36IN3O2. The van der Waals surface area contributed by atoms with E-state index in [1.54, 1.807) is 7.11 Å². The van der Waals surface area contributed by atoms with Crippen molar-refractivity contribution in [1.29, 1.82) is 0 Å². The predicted molar refractivity (Wildman–Crippen MR) is 108 cm³/mol. The van der Waals surface area contributed by atoms with Gasteiger partial charge in [0, 0.05) is 46.5 Å². The van der Waals surface area contributed by atoms with E-state index in [1.165, 1.54) is 19.3 Å². The maximum Gasteiger partial charge on any atom is 0.193 e. The molecule has 1 saturated heterocycles. The first kappa shape index (κ1) is 22.9. The van der Waals surface area contributed by atoms with Crippen LogP contribution in [0.1, 0.15) is 52.4 Å². The van der Waals surface area contributed by atoms with Crippen LogP contribution in [0.3, 0.4) is 0 Å². The summed E-state index contributed by atoms with van der Waals surface area (Å²) in [6.45, 7) is 9.89. The van der Waals surface area contributed by atoms with Crippen LogP contribution < -0.4 is 5.32 Å². The first-order valence-corrected chi connectivity index (χ1v) is 8.95. The smallest absolute Gasteiger partial charge is 0.193 e. The van der Waals surface area contributed by atoms with Gasteiger partial charge in [0.2, 0.25) is 0 Å². The fourth-order valence-corrected chi connectivity index (χ4v) is 2.66. The normalized spacial score (nSPS) is 16.3. The van der Waals surface area contributed by atoms with Gasteiger partial charge in [0.05, 0.1) is 6.10 Å². The second-order valence-electron chi connectivity index (χ2n) is 5.85. The van der Waals surface area contributed by atoms with Crippen molar-refractivity contribution in [2.75, 3.05) is 46.5 Å². The largest absolute Gasteiger partial charge is 0.385 e. The van der Waals surface area contributed by atoms with E-state index >= 15 is 0 Å². The molecule has 6 heteroatoms. The van der Waals surface area contributed by atoms with Crippen LogP contribution in [0, 0.1) is 0 Å². The number of rotatable bonds is 10. The lowest BCUT2D eigenvalue weighted by Crippen LogP contribution is -2.47. The van der Waals surface area contributed by atoms with Gasteiger partial charge < -0.3 is 19.7 Å². The van der Waals surface area contributed by atoms with Gasteiger partial charge in [-0.3, -0.25) is 4.99 Å². The highest BCUT2D eigenvalue weighted by atomic mass is 127. The molecule has 0 saturated carbocycles. The lowest BCUT2D eigenvalue weighted by Gasteiger charge is -2.34. The van der Waals surface area contributed by atoms with E-state index in [4.69, 9.17) is 14.5 Å². The maximum absolute atomic E-state index is 5.92. The SMILES string of the molecule is CCCCCN=C(NCC)N1CCC(OCCCOC)CC1.I. The zero-order valence-electron chi connectivity index (χ0n) is 15.2. The van der Waals surface area contributed by atoms with Crippen molar-refractivity contribution >= 4 is 29.9 Å². The molecule has 0 aliphatic carbocycles. The number of aliphatic imine (C=N–C) groups is 1. The van der Waals surface area contributed by atoms with Crippen LogP contribution in [0.2, 0.25) is 0 Å². The summed E-state index contributed by atoms with van der Waals surface area (Å²) in [7, 11) is 1.74. The number of unbranched alkanes of at least 4 members (excludes halogenated alkanes) is 2. The van der Waals surface area contributed by atoms with Crippen molar-refractivity contribution in [3.63, 3.8) is 0 Å². The van der Waals surface area contributed by atoms with Gasteiger partial charge in [-0.25, -0.2) is 0 Å². The third-order valence-corrected chi connectivity index (χ3v) is 3.95. The summed E-state index contributed by atoms with van der Waals surface area (Å²) in [6.07, 6.45) is 7.26. The molecule has 1 N–H and O–H groups in total. The van der Waals surface area contributed by atoms with Crippen LogP contribution >= 0.6 is 24.0 Å². The fourth-order valence-electron chi connectivity index (χ4n) is 2.66. The summed E-state index contributed by atoms with van der Waals surface area (Å²) in [5, 5.41) is 3.42. The Hall–Kier alpha value is -0.0800. The molecule has 0 amide bonds. The molecule has 138 valence electrons. The van der Waals surface area contributed by atoms with Crippen LogP contribution in [0.4, 0.5) is 0 Å². The third-order valence-electron chi connectivity index (χ3n) is 3.95. The zero-order valence-corrected chi connectivity index (χ0v) is 17.5. The molecule has 1 heterocycles. The van der Waals surface area contributed by atoms with Gasteiger partial charge in [-0.2, -0.15) is 0 Å². The van der Waals surface area contributed by atoms with E-state index in [9.17, 15) is 0 Å². The molecule has 1 fully saturated rings. The predicted octanol–water partition coefficient (Wildman–Crippen LogP) is 3.28. The van der Waals surface area contributed by atoms with Gasteiger partial charge in [-0.15, -0.1) is 24.0 Å². The summed E-state index contributed by atoms with van der Waals surface area (Å²) in [4.78, 5) is 7.14. The summed E-state index contributed by atoms with van der Waals surface area (Å²) in [5.41, 5.74) is 0. The van der Waals surface area contributed by atoms with E-state index < -0.39 is 0 Å². The van der Waals surface area contributed by atoms with Crippen molar-refractivity contribution in [2.45, 2.75) is 58.5 Å². The van der Waals surface area contributed by atoms with Gasteiger partial charge in [0.15, 0.2) is 5.96 Å². The molecule has 0 aromatic heterocycles. The Morgan fingerprint density at radius 1 is 1.13 bits per heavy atom. The van der Waals surface area contributed by atoms with Crippen LogP contribution in [0.25, 0.3) is 0 Å². The lowest BCUT2D eigenvalue weighted by atomic mass is 10.1. The van der Waals surface area contributed by atoms with Crippen molar-refractivity contribution < 1.29 is 9.47 Å². The van der Waals surface area contributed by atoms with Crippen molar-refractivity contribution in [3.8, 4) is 0 Å². The number of halogens is 1. The van der Waals surface area contributed by atoms with E-state index in [1.807, 2.05) is 0 Å². The minimum Gasteiger partial charge on any atom is -0.385 e. The average Bonchev–Trinajstić information content (AvgIpc) is 2.55. The van der Waals surface area contributed by atoms with Crippen LogP contribution in [-0.2, 0) is 9.47 Å². The molecule has 0 atom stereocenters. The monoisotopic (exact) mass is 441 g/mol. The van der Waals surface area contributed by atoms with Crippen molar-refractivity contribution in [3.05, 3.63) is 0 Å². The quantitative estimate of drug-likeness (QED) is 0.245. The van der Waals surface area contributed by atoms with E-state index in [2.05, 4.69) is 24.1 Å². The van der Waals surface area contributed by atoms with Crippen molar-refractivity contribution in [2.24, 2.45) is 4.99 Å². The molecule has 0 bridgehead atoms. The maximum atomic E-state index is 5.92. The number of nitrogens with one attached hydrogen (secondary N) is 1. The lowest BCUT2D eigenvalue weighted by molar-refractivity contribution is 0.00990. The highest BCUT2D eigenvalue weighted by Gasteiger charge is 2.21. The van der Waals surface area contributed by atoms with Gasteiger partial charge in [0.1, 0.15) is 0 Å². The number of hydrogen-bond donors (Lipinski definition) is 1. The molecule has 0 radical (unpaired) electrons. The van der Waals surface area contributed by atoms with E-state index in [-0.39, 0.29) is 24.0 Å². The highest BCUT2D eigenvalue weighted by molar-refractivity contribution is 14.0. The molecule has 0 aromatic carbocycles. The standard InChI is InChI=1S/C17H35N3O2.HI/c1-4-6-7-11-19-17(18-5-2)20-12-9-16(10-13-20)22-15-8-14-21-3;/h16H,4-15H2,1-3H3,(H,18,19);1H. The summed E-state index contributed by atoms with van der Waals surface area (Å²) in [6, 6.07) is 0. The molecule has 0 unspecified atom stereocenters. The summed E-state index contributed by atoms with van der Waals surface area (Å²) >= 11 is 0. The van der Waals surface area contributed by atoms with E-state index in [0.717, 1.165) is 64.6 Å². The molecule has 5 nitrogen and oxygen atoms in total. The van der Waals surface area contributed by atoms with Crippen molar-refractivity contribution in [1.82, 2.24) is 10.2 Å².